The van der Waals surface area contributed by atoms with Crippen LogP contribution in [0.25, 0.3) is 0 Å². The molecule has 0 radical (unpaired) electrons. The smallest absolute Gasteiger partial charge is 0.137 e. The van der Waals surface area contributed by atoms with Gasteiger partial charge < -0.3 is 14.8 Å². The maximum atomic E-state index is 6.16. The minimum atomic E-state index is -0.0750. The Morgan fingerprint density at radius 1 is 1.50 bits per heavy atom. The van der Waals surface area contributed by atoms with E-state index in [0.717, 1.165) is 11.3 Å². The van der Waals surface area contributed by atoms with E-state index in [4.69, 9.17) is 21.1 Å². The molecule has 0 atom stereocenters. The second-order valence-corrected chi connectivity index (χ2v) is 4.31. The first-order chi connectivity index (χ1) is 7.72. The number of hydrogen-bond donors (Lipinski definition) is 1. The predicted molar refractivity (Wildman–Crippen MR) is 64.2 cm³/mol. The molecule has 16 heavy (non-hydrogen) atoms. The third-order valence-corrected chi connectivity index (χ3v) is 3.26. The lowest BCUT2D eigenvalue weighted by Crippen LogP contribution is -2.56. The van der Waals surface area contributed by atoms with Crippen molar-refractivity contribution in [2.75, 3.05) is 26.9 Å². The fourth-order valence-corrected chi connectivity index (χ4v) is 2.07. The average Bonchev–Trinajstić information content (AvgIpc) is 2.21. The highest BCUT2D eigenvalue weighted by atomic mass is 35.5. The number of benzene rings is 1. The molecule has 0 bridgehead atoms. The van der Waals surface area contributed by atoms with Crippen molar-refractivity contribution in [3.63, 3.8) is 0 Å². The van der Waals surface area contributed by atoms with Crippen molar-refractivity contribution in [3.05, 3.63) is 28.8 Å². The molecule has 0 spiro atoms. The van der Waals surface area contributed by atoms with Crippen LogP contribution < -0.4 is 10.1 Å². The lowest BCUT2D eigenvalue weighted by atomic mass is 9.88. The molecule has 1 aromatic carbocycles. The van der Waals surface area contributed by atoms with Crippen LogP contribution >= 0.6 is 11.6 Å². The molecule has 4 heteroatoms. The largest absolute Gasteiger partial charge is 0.492 e. The molecule has 0 unspecified atom stereocenters. The topological polar surface area (TPSA) is 30.5 Å². The number of likely N-dealkylation sites (N-methyl/N-ethyl adjacent to an activating group) is 1. The van der Waals surface area contributed by atoms with Gasteiger partial charge in [-0.15, -0.1) is 0 Å². The lowest BCUT2D eigenvalue weighted by molar-refractivity contribution is -0.0747. The SMILES string of the molecule is CCOc1ccc(C2(NC)COC2)cc1Cl. The fraction of sp³-hybridized carbons (Fsp3) is 0.500. The molecule has 1 aliphatic heterocycles. The van der Waals surface area contributed by atoms with Gasteiger partial charge in [-0.3, -0.25) is 0 Å². The first-order valence-corrected chi connectivity index (χ1v) is 5.79. The molecule has 3 nitrogen and oxygen atoms in total. The van der Waals surface area contributed by atoms with Crippen molar-refractivity contribution < 1.29 is 9.47 Å². The molecule has 2 rings (SSSR count). The molecule has 1 N–H and O–H groups in total. The molecule has 1 aromatic rings. The Bertz CT molecular complexity index is 372. The van der Waals surface area contributed by atoms with Crippen molar-refractivity contribution in [3.8, 4) is 5.75 Å². The van der Waals surface area contributed by atoms with Gasteiger partial charge in [0.15, 0.2) is 0 Å². The van der Waals surface area contributed by atoms with Crippen LogP contribution in [0.5, 0.6) is 5.75 Å². The van der Waals surface area contributed by atoms with E-state index in [1.54, 1.807) is 0 Å². The van der Waals surface area contributed by atoms with Crippen LogP contribution in [0.3, 0.4) is 0 Å². The van der Waals surface area contributed by atoms with E-state index in [1.807, 2.05) is 32.2 Å². The summed E-state index contributed by atoms with van der Waals surface area (Å²) < 4.78 is 10.7. The zero-order chi connectivity index (χ0) is 11.6. The predicted octanol–water partition coefficient (Wildman–Crippen LogP) is 2.18. The molecule has 1 fully saturated rings. The fourth-order valence-electron chi connectivity index (χ4n) is 1.83. The molecule has 1 heterocycles. The van der Waals surface area contributed by atoms with Crippen LogP contribution in [0.4, 0.5) is 0 Å². The van der Waals surface area contributed by atoms with Gasteiger partial charge in [0.2, 0.25) is 0 Å². The van der Waals surface area contributed by atoms with Gasteiger partial charge in [0.1, 0.15) is 5.75 Å². The Morgan fingerprint density at radius 2 is 2.25 bits per heavy atom. The summed E-state index contributed by atoms with van der Waals surface area (Å²) in [7, 11) is 1.94. The number of nitrogens with one attached hydrogen (secondary N) is 1. The second kappa shape index (κ2) is 4.62. The summed E-state index contributed by atoms with van der Waals surface area (Å²) in [4.78, 5) is 0. The van der Waals surface area contributed by atoms with Gasteiger partial charge in [-0.25, -0.2) is 0 Å². The van der Waals surface area contributed by atoms with E-state index >= 15 is 0 Å². The van der Waals surface area contributed by atoms with Crippen LogP contribution in [0.1, 0.15) is 12.5 Å². The second-order valence-electron chi connectivity index (χ2n) is 3.90. The Labute approximate surface area is 101 Å². The Hall–Kier alpha value is -0.770. The highest BCUT2D eigenvalue weighted by Crippen LogP contribution is 2.34. The summed E-state index contributed by atoms with van der Waals surface area (Å²) in [5.41, 5.74) is 1.07. The van der Waals surface area contributed by atoms with Crippen LogP contribution in [0.2, 0.25) is 5.02 Å². The van der Waals surface area contributed by atoms with E-state index in [1.165, 1.54) is 0 Å². The normalized spacial score (nSPS) is 17.9. The maximum absolute atomic E-state index is 6.16. The van der Waals surface area contributed by atoms with Crippen LogP contribution in [-0.2, 0) is 10.3 Å². The van der Waals surface area contributed by atoms with Crippen molar-refractivity contribution in [1.29, 1.82) is 0 Å². The van der Waals surface area contributed by atoms with E-state index in [0.29, 0.717) is 24.8 Å². The Morgan fingerprint density at radius 3 is 2.69 bits per heavy atom. The molecule has 0 amide bonds. The first kappa shape index (κ1) is 11.7. The van der Waals surface area contributed by atoms with Gasteiger partial charge in [0, 0.05) is 0 Å². The number of hydrogen-bond acceptors (Lipinski definition) is 3. The van der Waals surface area contributed by atoms with Gasteiger partial charge in [-0.2, -0.15) is 0 Å². The molecular weight excluding hydrogens is 226 g/mol. The van der Waals surface area contributed by atoms with Crippen LogP contribution in [-0.4, -0.2) is 26.9 Å². The lowest BCUT2D eigenvalue weighted by Gasteiger charge is -2.41. The van der Waals surface area contributed by atoms with Crippen LogP contribution in [0, 0.1) is 0 Å². The molecule has 0 saturated carbocycles. The third kappa shape index (κ3) is 1.90. The highest BCUT2D eigenvalue weighted by Gasteiger charge is 2.39. The maximum Gasteiger partial charge on any atom is 0.137 e. The van der Waals surface area contributed by atoms with Crippen LogP contribution in [0.15, 0.2) is 18.2 Å². The summed E-state index contributed by atoms with van der Waals surface area (Å²) in [6.07, 6.45) is 0. The molecular formula is C12H16ClNO2. The summed E-state index contributed by atoms with van der Waals surface area (Å²) >= 11 is 6.16. The van der Waals surface area contributed by atoms with E-state index in [-0.39, 0.29) is 5.54 Å². The van der Waals surface area contributed by atoms with E-state index < -0.39 is 0 Å². The van der Waals surface area contributed by atoms with Gasteiger partial charge in [-0.1, -0.05) is 17.7 Å². The monoisotopic (exact) mass is 241 g/mol. The van der Waals surface area contributed by atoms with Gasteiger partial charge in [0.05, 0.1) is 30.4 Å². The summed E-state index contributed by atoms with van der Waals surface area (Å²) in [5, 5.41) is 3.94. The Balaban J connectivity index is 2.26. The molecule has 88 valence electrons. The van der Waals surface area contributed by atoms with E-state index in [2.05, 4.69) is 5.32 Å². The zero-order valence-corrected chi connectivity index (χ0v) is 10.3. The minimum Gasteiger partial charge on any atom is -0.492 e. The van der Waals surface area contributed by atoms with Crippen molar-refractivity contribution in [1.82, 2.24) is 5.32 Å². The molecule has 1 aliphatic rings. The van der Waals surface area contributed by atoms with E-state index in [9.17, 15) is 0 Å². The quantitative estimate of drug-likeness (QED) is 0.877. The van der Waals surface area contributed by atoms with Gasteiger partial charge in [-0.05, 0) is 31.7 Å². The van der Waals surface area contributed by atoms with Gasteiger partial charge in [0.25, 0.3) is 0 Å². The van der Waals surface area contributed by atoms with Crippen molar-refractivity contribution >= 4 is 11.6 Å². The summed E-state index contributed by atoms with van der Waals surface area (Å²) in [5.74, 6) is 0.736. The number of ether oxygens (including phenoxy) is 2. The summed E-state index contributed by atoms with van der Waals surface area (Å²) in [6, 6.07) is 5.90. The molecule has 1 saturated heterocycles. The minimum absolute atomic E-state index is 0.0750. The molecule has 0 aromatic heterocycles. The highest BCUT2D eigenvalue weighted by molar-refractivity contribution is 6.32. The summed E-state index contributed by atoms with van der Waals surface area (Å²) in [6.45, 7) is 3.94. The van der Waals surface area contributed by atoms with Crippen molar-refractivity contribution in [2.45, 2.75) is 12.5 Å². The first-order valence-electron chi connectivity index (χ1n) is 5.41. The Kier molecular flexibility index (Phi) is 3.38. The number of rotatable bonds is 4. The third-order valence-electron chi connectivity index (χ3n) is 2.96. The molecule has 0 aliphatic carbocycles. The zero-order valence-electron chi connectivity index (χ0n) is 9.55. The number of halogens is 1. The van der Waals surface area contributed by atoms with Crippen molar-refractivity contribution in [2.24, 2.45) is 0 Å². The van der Waals surface area contributed by atoms with Gasteiger partial charge >= 0.3 is 0 Å². The standard InChI is InChI=1S/C12H16ClNO2/c1-3-16-11-5-4-9(6-10(11)13)12(14-2)7-15-8-12/h4-6,14H,3,7-8H2,1-2H3. The average molecular weight is 242 g/mol.